The lowest BCUT2D eigenvalue weighted by Crippen LogP contribution is -2.38. The molecule has 0 fully saturated rings. The van der Waals surface area contributed by atoms with Crippen LogP contribution in [0.2, 0.25) is 15.1 Å². The Morgan fingerprint density at radius 1 is 1.17 bits per heavy atom. The van der Waals surface area contributed by atoms with Gasteiger partial charge in [-0.1, -0.05) is 55.6 Å². The molecule has 0 spiro atoms. The highest BCUT2D eigenvalue weighted by atomic mass is 35.5. The van der Waals surface area contributed by atoms with Gasteiger partial charge in [0.25, 0.3) is 0 Å². The third-order valence-electron chi connectivity index (χ3n) is 2.64. The van der Waals surface area contributed by atoms with E-state index in [1.165, 1.54) is 0 Å². The quantitative estimate of drug-likeness (QED) is 0.825. The standard InChI is InChI=1S/C13H18Cl3NO/c1-4-17-12(8(2)3)7-18-13-10(15)5-9(14)6-11(13)16/h5-6,8,12,17H,4,7H2,1-3H3. The molecule has 0 aliphatic rings. The van der Waals surface area contributed by atoms with Crippen LogP contribution in [0.25, 0.3) is 0 Å². The van der Waals surface area contributed by atoms with Crippen LogP contribution >= 0.6 is 34.8 Å². The van der Waals surface area contributed by atoms with E-state index in [1.54, 1.807) is 12.1 Å². The second-order valence-electron chi connectivity index (χ2n) is 4.42. The first kappa shape index (κ1) is 15.9. The minimum atomic E-state index is 0.262. The van der Waals surface area contributed by atoms with E-state index in [0.29, 0.717) is 33.3 Å². The molecule has 1 unspecified atom stereocenters. The second kappa shape index (κ2) is 7.44. The van der Waals surface area contributed by atoms with E-state index in [4.69, 9.17) is 39.5 Å². The number of rotatable bonds is 6. The third kappa shape index (κ3) is 4.51. The maximum atomic E-state index is 6.06. The van der Waals surface area contributed by atoms with Gasteiger partial charge < -0.3 is 10.1 Å². The van der Waals surface area contributed by atoms with Crippen LogP contribution in [0.15, 0.2) is 12.1 Å². The lowest BCUT2D eigenvalue weighted by atomic mass is 10.1. The summed E-state index contributed by atoms with van der Waals surface area (Å²) in [6, 6.07) is 3.52. The normalized spacial score (nSPS) is 12.8. The minimum absolute atomic E-state index is 0.262. The van der Waals surface area contributed by atoms with Crippen LogP contribution in [0.4, 0.5) is 0 Å². The molecule has 1 rings (SSSR count). The molecule has 1 N–H and O–H groups in total. The molecule has 0 aromatic heterocycles. The Kier molecular flexibility index (Phi) is 6.58. The van der Waals surface area contributed by atoms with Gasteiger partial charge in [0, 0.05) is 11.1 Å². The fourth-order valence-corrected chi connectivity index (χ4v) is 2.52. The van der Waals surface area contributed by atoms with Crippen molar-refractivity contribution in [1.82, 2.24) is 5.32 Å². The lowest BCUT2D eigenvalue weighted by Gasteiger charge is -2.22. The van der Waals surface area contributed by atoms with Crippen molar-refractivity contribution < 1.29 is 4.74 Å². The summed E-state index contributed by atoms with van der Waals surface area (Å²) in [5.41, 5.74) is 0. The van der Waals surface area contributed by atoms with E-state index < -0.39 is 0 Å². The second-order valence-corrected chi connectivity index (χ2v) is 5.67. The van der Waals surface area contributed by atoms with Crippen molar-refractivity contribution in [3.05, 3.63) is 27.2 Å². The van der Waals surface area contributed by atoms with Crippen molar-refractivity contribution in [2.45, 2.75) is 26.8 Å². The lowest BCUT2D eigenvalue weighted by molar-refractivity contribution is 0.232. The van der Waals surface area contributed by atoms with E-state index in [9.17, 15) is 0 Å². The van der Waals surface area contributed by atoms with Crippen molar-refractivity contribution in [2.75, 3.05) is 13.2 Å². The van der Waals surface area contributed by atoms with E-state index in [1.807, 2.05) is 0 Å². The van der Waals surface area contributed by atoms with Gasteiger partial charge in [0.1, 0.15) is 6.61 Å². The monoisotopic (exact) mass is 309 g/mol. The van der Waals surface area contributed by atoms with Gasteiger partial charge in [-0.05, 0) is 24.6 Å². The molecule has 0 amide bonds. The number of likely N-dealkylation sites (N-methyl/N-ethyl adjacent to an activating group) is 1. The Hall–Kier alpha value is -0.150. The fourth-order valence-electron chi connectivity index (χ4n) is 1.59. The molecule has 0 aliphatic heterocycles. The number of nitrogens with one attached hydrogen (secondary N) is 1. The predicted octanol–water partition coefficient (Wildman–Crippen LogP) is 4.66. The molecule has 0 heterocycles. The molecule has 1 aromatic carbocycles. The first-order valence-electron chi connectivity index (χ1n) is 5.96. The fraction of sp³-hybridized carbons (Fsp3) is 0.538. The summed E-state index contributed by atoms with van der Waals surface area (Å²) in [6.45, 7) is 7.77. The summed E-state index contributed by atoms with van der Waals surface area (Å²) >= 11 is 18.0. The third-order valence-corrected chi connectivity index (χ3v) is 3.42. The van der Waals surface area contributed by atoms with Gasteiger partial charge in [-0.2, -0.15) is 0 Å². The number of hydrogen-bond donors (Lipinski definition) is 1. The first-order valence-corrected chi connectivity index (χ1v) is 7.09. The van der Waals surface area contributed by atoms with E-state index in [2.05, 4.69) is 26.1 Å². The number of benzene rings is 1. The highest BCUT2D eigenvalue weighted by Crippen LogP contribution is 2.35. The van der Waals surface area contributed by atoms with Gasteiger partial charge >= 0.3 is 0 Å². The van der Waals surface area contributed by atoms with E-state index in [-0.39, 0.29) is 6.04 Å². The zero-order valence-corrected chi connectivity index (χ0v) is 13.0. The van der Waals surface area contributed by atoms with Gasteiger partial charge in [-0.15, -0.1) is 0 Å². The molecule has 102 valence electrons. The zero-order valence-electron chi connectivity index (χ0n) is 10.8. The van der Waals surface area contributed by atoms with Crippen LogP contribution in [0, 0.1) is 5.92 Å². The Labute approximate surface area is 124 Å². The average Bonchev–Trinajstić information content (AvgIpc) is 2.25. The topological polar surface area (TPSA) is 21.3 Å². The summed E-state index contributed by atoms with van der Waals surface area (Å²) in [6.07, 6.45) is 0. The molecule has 0 saturated heterocycles. The van der Waals surface area contributed by atoms with Gasteiger partial charge in [-0.25, -0.2) is 0 Å². The predicted molar refractivity (Wildman–Crippen MR) is 79.3 cm³/mol. The Morgan fingerprint density at radius 3 is 2.17 bits per heavy atom. The summed E-state index contributed by atoms with van der Waals surface area (Å²) in [4.78, 5) is 0. The van der Waals surface area contributed by atoms with Gasteiger partial charge in [0.2, 0.25) is 0 Å². The highest BCUT2D eigenvalue weighted by molar-refractivity contribution is 6.40. The van der Waals surface area contributed by atoms with Crippen LogP contribution in [0.5, 0.6) is 5.75 Å². The Morgan fingerprint density at radius 2 is 1.72 bits per heavy atom. The number of hydrogen-bond acceptors (Lipinski definition) is 2. The summed E-state index contributed by atoms with van der Waals surface area (Å²) < 4.78 is 5.71. The van der Waals surface area contributed by atoms with Crippen molar-refractivity contribution in [3.63, 3.8) is 0 Å². The highest BCUT2D eigenvalue weighted by Gasteiger charge is 2.15. The molecule has 0 aliphatic carbocycles. The minimum Gasteiger partial charge on any atom is -0.489 e. The molecule has 5 heteroatoms. The van der Waals surface area contributed by atoms with Crippen LogP contribution < -0.4 is 10.1 Å². The molecule has 18 heavy (non-hydrogen) atoms. The van der Waals surface area contributed by atoms with Crippen molar-refractivity contribution in [1.29, 1.82) is 0 Å². The molecule has 1 aromatic rings. The molecular weight excluding hydrogens is 293 g/mol. The Balaban J connectivity index is 2.73. The molecule has 1 atom stereocenters. The smallest absolute Gasteiger partial charge is 0.156 e. The van der Waals surface area contributed by atoms with Gasteiger partial charge in [-0.3, -0.25) is 0 Å². The first-order chi connectivity index (χ1) is 8.45. The SMILES string of the molecule is CCNC(COc1c(Cl)cc(Cl)cc1Cl)C(C)C. The average molecular weight is 311 g/mol. The van der Waals surface area contributed by atoms with E-state index in [0.717, 1.165) is 6.54 Å². The molecule has 0 saturated carbocycles. The van der Waals surface area contributed by atoms with Crippen molar-refractivity contribution in [3.8, 4) is 5.75 Å². The van der Waals surface area contributed by atoms with Crippen LogP contribution in [-0.4, -0.2) is 19.2 Å². The molecule has 0 radical (unpaired) electrons. The van der Waals surface area contributed by atoms with Gasteiger partial charge in [0.05, 0.1) is 10.0 Å². The molecular formula is C13H18Cl3NO. The largest absolute Gasteiger partial charge is 0.489 e. The van der Waals surface area contributed by atoms with Crippen LogP contribution in [0.1, 0.15) is 20.8 Å². The van der Waals surface area contributed by atoms with Gasteiger partial charge in [0.15, 0.2) is 5.75 Å². The van der Waals surface area contributed by atoms with Crippen LogP contribution in [-0.2, 0) is 0 Å². The number of halogens is 3. The Bertz CT molecular complexity index is 373. The summed E-state index contributed by atoms with van der Waals surface area (Å²) in [5.74, 6) is 0.959. The molecule has 0 bridgehead atoms. The summed E-state index contributed by atoms with van der Waals surface area (Å²) in [7, 11) is 0. The van der Waals surface area contributed by atoms with E-state index >= 15 is 0 Å². The molecule has 2 nitrogen and oxygen atoms in total. The van der Waals surface area contributed by atoms with Crippen molar-refractivity contribution in [2.24, 2.45) is 5.92 Å². The maximum Gasteiger partial charge on any atom is 0.156 e. The maximum absolute atomic E-state index is 6.06. The summed E-state index contributed by atoms with van der Waals surface area (Å²) in [5, 5.41) is 4.74. The van der Waals surface area contributed by atoms with Crippen LogP contribution in [0.3, 0.4) is 0 Å². The number of ether oxygens (including phenoxy) is 1. The van der Waals surface area contributed by atoms with Crippen molar-refractivity contribution >= 4 is 34.8 Å². The zero-order chi connectivity index (χ0) is 13.7.